The SMILES string of the molecule is Cn1c(CN2CCOCC2)nnc1[C@H]1CCCN(CCCO)C1. The van der Waals surface area contributed by atoms with E-state index in [-0.39, 0.29) is 6.61 Å². The molecule has 3 rings (SSSR count). The average Bonchev–Trinajstić information content (AvgIpc) is 2.95. The smallest absolute Gasteiger partial charge is 0.146 e. The largest absolute Gasteiger partial charge is 0.396 e. The third kappa shape index (κ3) is 4.29. The maximum atomic E-state index is 9.02. The van der Waals surface area contributed by atoms with Crippen molar-refractivity contribution in [3.05, 3.63) is 11.6 Å². The van der Waals surface area contributed by atoms with Gasteiger partial charge in [-0.05, 0) is 25.8 Å². The summed E-state index contributed by atoms with van der Waals surface area (Å²) in [7, 11) is 2.10. The average molecular weight is 323 g/mol. The summed E-state index contributed by atoms with van der Waals surface area (Å²) < 4.78 is 7.59. The molecule has 0 saturated carbocycles. The molecule has 2 saturated heterocycles. The minimum atomic E-state index is 0.273. The number of hydrogen-bond donors (Lipinski definition) is 1. The molecule has 1 aromatic rings. The number of nitrogens with zero attached hydrogens (tertiary/aromatic N) is 5. The lowest BCUT2D eigenvalue weighted by Gasteiger charge is -2.32. The number of aliphatic hydroxyl groups excluding tert-OH is 1. The Balaban J connectivity index is 1.61. The molecule has 0 aromatic carbocycles. The number of aliphatic hydroxyl groups is 1. The highest BCUT2D eigenvalue weighted by atomic mass is 16.5. The number of rotatable bonds is 6. The van der Waals surface area contributed by atoms with Crippen molar-refractivity contribution in [1.82, 2.24) is 24.6 Å². The highest BCUT2D eigenvalue weighted by molar-refractivity contribution is 5.04. The maximum absolute atomic E-state index is 9.02. The summed E-state index contributed by atoms with van der Waals surface area (Å²) in [6.45, 7) is 7.84. The molecule has 3 heterocycles. The molecule has 0 spiro atoms. The molecule has 0 unspecified atom stereocenters. The van der Waals surface area contributed by atoms with Gasteiger partial charge in [0.2, 0.25) is 0 Å². The third-order valence-electron chi connectivity index (χ3n) is 4.97. The van der Waals surface area contributed by atoms with E-state index in [9.17, 15) is 0 Å². The van der Waals surface area contributed by atoms with Gasteiger partial charge in [0, 0.05) is 45.8 Å². The summed E-state index contributed by atoms with van der Waals surface area (Å²) in [5.74, 6) is 2.62. The fourth-order valence-electron chi connectivity index (χ4n) is 3.59. The van der Waals surface area contributed by atoms with Gasteiger partial charge in [-0.3, -0.25) is 4.90 Å². The number of likely N-dealkylation sites (tertiary alicyclic amines) is 1. The number of piperidine rings is 1. The van der Waals surface area contributed by atoms with Gasteiger partial charge in [0.15, 0.2) is 0 Å². The van der Waals surface area contributed by atoms with Crippen LogP contribution in [0.1, 0.15) is 36.8 Å². The van der Waals surface area contributed by atoms with E-state index in [0.717, 1.165) is 70.6 Å². The fraction of sp³-hybridized carbons (Fsp3) is 0.875. The van der Waals surface area contributed by atoms with Gasteiger partial charge in [-0.2, -0.15) is 0 Å². The molecular formula is C16H29N5O2. The van der Waals surface area contributed by atoms with E-state index < -0.39 is 0 Å². The Morgan fingerprint density at radius 2 is 2.00 bits per heavy atom. The van der Waals surface area contributed by atoms with E-state index in [0.29, 0.717) is 5.92 Å². The molecule has 2 aliphatic heterocycles. The zero-order valence-corrected chi connectivity index (χ0v) is 14.2. The number of hydrogen-bond acceptors (Lipinski definition) is 6. The van der Waals surface area contributed by atoms with Crippen LogP contribution in [0.4, 0.5) is 0 Å². The standard InChI is InChI=1S/C16H29N5O2/c1-19-15(13-21-7-10-23-11-8-21)17-18-16(19)14-4-2-5-20(12-14)6-3-9-22/h14,22H,2-13H2,1H3/t14-/m0/s1. The number of ether oxygens (including phenoxy) is 1. The lowest BCUT2D eigenvalue weighted by atomic mass is 9.97. The van der Waals surface area contributed by atoms with Crippen LogP contribution in [0, 0.1) is 0 Å². The van der Waals surface area contributed by atoms with Crippen LogP contribution in [0.2, 0.25) is 0 Å². The van der Waals surface area contributed by atoms with Crippen LogP contribution >= 0.6 is 0 Å². The van der Waals surface area contributed by atoms with Crippen molar-refractivity contribution in [1.29, 1.82) is 0 Å². The van der Waals surface area contributed by atoms with Gasteiger partial charge in [-0.25, -0.2) is 0 Å². The Hall–Kier alpha value is -1.02. The molecule has 23 heavy (non-hydrogen) atoms. The molecule has 2 aliphatic rings. The van der Waals surface area contributed by atoms with Crippen LogP contribution in [-0.2, 0) is 18.3 Å². The van der Waals surface area contributed by atoms with E-state index in [1.807, 2.05) is 0 Å². The molecular weight excluding hydrogens is 294 g/mol. The third-order valence-corrected chi connectivity index (χ3v) is 4.97. The molecule has 0 bridgehead atoms. The van der Waals surface area contributed by atoms with Gasteiger partial charge in [-0.1, -0.05) is 0 Å². The molecule has 1 atom stereocenters. The van der Waals surface area contributed by atoms with Gasteiger partial charge in [-0.15, -0.1) is 10.2 Å². The predicted octanol–water partition coefficient (Wildman–Crippen LogP) is 0.209. The first-order valence-corrected chi connectivity index (χ1v) is 8.79. The Morgan fingerprint density at radius 3 is 2.78 bits per heavy atom. The van der Waals surface area contributed by atoms with Gasteiger partial charge in [0.05, 0.1) is 19.8 Å². The van der Waals surface area contributed by atoms with Crippen molar-refractivity contribution < 1.29 is 9.84 Å². The fourth-order valence-corrected chi connectivity index (χ4v) is 3.59. The van der Waals surface area contributed by atoms with Crippen molar-refractivity contribution in [2.45, 2.75) is 31.7 Å². The van der Waals surface area contributed by atoms with Crippen LogP contribution in [0.25, 0.3) is 0 Å². The topological polar surface area (TPSA) is 66.7 Å². The van der Waals surface area contributed by atoms with Crippen LogP contribution in [0.5, 0.6) is 0 Å². The lowest BCUT2D eigenvalue weighted by Crippen LogP contribution is -2.37. The van der Waals surface area contributed by atoms with Gasteiger partial charge < -0.3 is 19.3 Å². The predicted molar refractivity (Wildman–Crippen MR) is 87.2 cm³/mol. The van der Waals surface area contributed by atoms with Crippen LogP contribution in [0.15, 0.2) is 0 Å². The number of morpholine rings is 1. The quantitative estimate of drug-likeness (QED) is 0.807. The Labute approximate surface area is 138 Å². The van der Waals surface area contributed by atoms with Crippen molar-refractivity contribution in [3.63, 3.8) is 0 Å². The molecule has 130 valence electrons. The normalized spacial score (nSPS) is 24.2. The highest BCUT2D eigenvalue weighted by Crippen LogP contribution is 2.26. The Morgan fingerprint density at radius 1 is 1.17 bits per heavy atom. The minimum absolute atomic E-state index is 0.273. The van der Waals surface area contributed by atoms with E-state index >= 15 is 0 Å². The molecule has 7 heteroatoms. The molecule has 0 aliphatic carbocycles. The first-order chi connectivity index (χ1) is 11.3. The Bertz CT molecular complexity index is 487. The first kappa shape index (κ1) is 16.8. The second-order valence-corrected chi connectivity index (χ2v) is 6.64. The second-order valence-electron chi connectivity index (χ2n) is 6.64. The lowest BCUT2D eigenvalue weighted by molar-refractivity contribution is 0.0326. The van der Waals surface area contributed by atoms with Gasteiger partial charge in [0.1, 0.15) is 11.6 Å². The number of aromatic nitrogens is 3. The zero-order valence-electron chi connectivity index (χ0n) is 14.2. The minimum Gasteiger partial charge on any atom is -0.396 e. The summed E-state index contributed by atoms with van der Waals surface area (Å²) >= 11 is 0. The summed E-state index contributed by atoms with van der Waals surface area (Å²) in [6, 6.07) is 0. The van der Waals surface area contributed by atoms with Gasteiger partial charge >= 0.3 is 0 Å². The monoisotopic (exact) mass is 323 g/mol. The highest BCUT2D eigenvalue weighted by Gasteiger charge is 2.26. The Kier molecular flexibility index (Phi) is 5.99. The van der Waals surface area contributed by atoms with E-state index in [1.54, 1.807) is 0 Å². The summed E-state index contributed by atoms with van der Waals surface area (Å²) in [6.07, 6.45) is 3.23. The van der Waals surface area contributed by atoms with Crippen LogP contribution in [0.3, 0.4) is 0 Å². The molecule has 7 nitrogen and oxygen atoms in total. The van der Waals surface area contributed by atoms with E-state index in [1.165, 1.54) is 12.8 Å². The summed E-state index contributed by atoms with van der Waals surface area (Å²) in [5, 5.41) is 18.0. The molecule has 0 amide bonds. The summed E-state index contributed by atoms with van der Waals surface area (Å²) in [4.78, 5) is 4.83. The molecule has 0 radical (unpaired) electrons. The van der Waals surface area contributed by atoms with Crippen LogP contribution < -0.4 is 0 Å². The first-order valence-electron chi connectivity index (χ1n) is 8.79. The molecule has 1 N–H and O–H groups in total. The second kappa shape index (κ2) is 8.19. The van der Waals surface area contributed by atoms with Crippen molar-refractivity contribution >= 4 is 0 Å². The van der Waals surface area contributed by atoms with Crippen molar-refractivity contribution in [3.8, 4) is 0 Å². The van der Waals surface area contributed by atoms with Crippen molar-refractivity contribution in [2.24, 2.45) is 7.05 Å². The molecule has 1 aromatic heterocycles. The van der Waals surface area contributed by atoms with Gasteiger partial charge in [0.25, 0.3) is 0 Å². The zero-order chi connectivity index (χ0) is 16.1. The van der Waals surface area contributed by atoms with E-state index in [4.69, 9.17) is 9.84 Å². The maximum Gasteiger partial charge on any atom is 0.146 e. The van der Waals surface area contributed by atoms with Crippen molar-refractivity contribution in [2.75, 3.05) is 52.5 Å². The van der Waals surface area contributed by atoms with E-state index in [2.05, 4.69) is 31.6 Å². The molecule has 2 fully saturated rings. The van der Waals surface area contributed by atoms with Crippen LogP contribution in [-0.4, -0.2) is 82.2 Å². The summed E-state index contributed by atoms with van der Waals surface area (Å²) in [5.41, 5.74) is 0.